The molecule has 2 fully saturated rings. The van der Waals surface area contributed by atoms with Gasteiger partial charge in [0.1, 0.15) is 17.4 Å². The molecule has 33 heavy (non-hydrogen) atoms. The Morgan fingerprint density at radius 2 is 1.97 bits per heavy atom. The standard InChI is InChI=1S/C18H15F3I2O9S/c19-13(18(20,21)33(26,27)28)1-2-29-15(24)8-4-14-17(6-12(8)30-14)31-11-5-10(23)9(22)3-7(11)16(25)32-17/h3,5,8,12-14H,1-2,4,6H2,(H,26,27,28)/p-1. The monoisotopic (exact) mass is 717 g/mol. The van der Waals surface area contributed by atoms with Gasteiger partial charge in [-0.2, -0.15) is 8.78 Å². The van der Waals surface area contributed by atoms with E-state index in [9.17, 15) is 35.7 Å². The number of esters is 2. The molecule has 0 aromatic heterocycles. The molecule has 0 aliphatic carbocycles. The highest BCUT2D eigenvalue weighted by molar-refractivity contribution is 14.1. The van der Waals surface area contributed by atoms with Gasteiger partial charge in [0.25, 0.3) is 5.79 Å². The normalized spacial score (nSPS) is 29.4. The molecule has 0 N–H and O–H groups in total. The van der Waals surface area contributed by atoms with Crippen molar-refractivity contribution in [1.82, 2.24) is 0 Å². The highest BCUT2D eigenvalue weighted by atomic mass is 127. The van der Waals surface area contributed by atoms with Gasteiger partial charge in [0.15, 0.2) is 16.3 Å². The Kier molecular flexibility index (Phi) is 6.59. The van der Waals surface area contributed by atoms with Crippen LogP contribution in [-0.2, 0) is 29.1 Å². The van der Waals surface area contributed by atoms with Crippen LogP contribution >= 0.6 is 45.2 Å². The summed E-state index contributed by atoms with van der Waals surface area (Å²) in [6.45, 7) is -0.861. The molecular formula is C18H14F3I2O9S-. The average Bonchev–Trinajstić information content (AvgIpc) is 3.26. The molecule has 4 rings (SSSR count). The second-order valence-corrected chi connectivity index (χ2v) is 11.5. The van der Waals surface area contributed by atoms with Crippen LogP contribution in [0.5, 0.6) is 5.75 Å². The van der Waals surface area contributed by atoms with Crippen molar-refractivity contribution >= 4 is 67.2 Å². The molecule has 1 aromatic carbocycles. The van der Waals surface area contributed by atoms with Crippen molar-refractivity contribution in [3.05, 3.63) is 24.8 Å². The van der Waals surface area contributed by atoms with E-state index in [2.05, 4.69) is 45.2 Å². The number of alkyl halides is 3. The van der Waals surface area contributed by atoms with Gasteiger partial charge < -0.3 is 23.5 Å². The van der Waals surface area contributed by atoms with Gasteiger partial charge in [0, 0.05) is 13.6 Å². The summed E-state index contributed by atoms with van der Waals surface area (Å²) in [5.41, 5.74) is 0.266. The van der Waals surface area contributed by atoms with Crippen molar-refractivity contribution < 1.29 is 54.7 Å². The lowest BCUT2D eigenvalue weighted by molar-refractivity contribution is -0.186. The van der Waals surface area contributed by atoms with Crippen molar-refractivity contribution in [2.75, 3.05) is 6.61 Å². The van der Waals surface area contributed by atoms with Crippen molar-refractivity contribution in [3.8, 4) is 5.75 Å². The molecule has 5 unspecified atom stereocenters. The van der Waals surface area contributed by atoms with Crippen LogP contribution in [0.2, 0.25) is 0 Å². The quantitative estimate of drug-likeness (QED) is 0.248. The number of hydrogen-bond donors (Lipinski definition) is 0. The van der Waals surface area contributed by atoms with Crippen molar-refractivity contribution in [1.29, 1.82) is 0 Å². The lowest BCUT2D eigenvalue weighted by Crippen LogP contribution is -2.53. The average molecular weight is 717 g/mol. The summed E-state index contributed by atoms with van der Waals surface area (Å²) in [6, 6.07) is 3.34. The fraction of sp³-hybridized carbons (Fsp3) is 0.556. The fourth-order valence-electron chi connectivity index (χ4n) is 3.98. The third-order valence-corrected chi connectivity index (χ3v) is 9.38. The summed E-state index contributed by atoms with van der Waals surface area (Å²) in [7, 11) is -6.20. The van der Waals surface area contributed by atoms with Crippen molar-refractivity contribution in [3.63, 3.8) is 0 Å². The minimum atomic E-state index is -6.20. The number of halogens is 5. The third-order valence-electron chi connectivity index (χ3n) is 5.64. The van der Waals surface area contributed by atoms with Crippen LogP contribution < -0.4 is 4.74 Å². The van der Waals surface area contributed by atoms with Crippen molar-refractivity contribution in [2.24, 2.45) is 5.92 Å². The van der Waals surface area contributed by atoms with E-state index in [4.69, 9.17) is 18.9 Å². The van der Waals surface area contributed by atoms with E-state index < -0.39 is 70.4 Å². The molecular weight excluding hydrogens is 703 g/mol. The van der Waals surface area contributed by atoms with Gasteiger partial charge in [0.2, 0.25) is 0 Å². The fourth-order valence-corrected chi connectivity index (χ4v) is 5.31. The zero-order valence-electron chi connectivity index (χ0n) is 16.3. The van der Waals surface area contributed by atoms with E-state index >= 15 is 0 Å². The summed E-state index contributed by atoms with van der Waals surface area (Å²) < 4.78 is 94.9. The Morgan fingerprint density at radius 1 is 1.30 bits per heavy atom. The number of hydrogen-bond acceptors (Lipinski definition) is 9. The molecule has 1 spiro atoms. The largest absolute Gasteiger partial charge is 0.743 e. The van der Waals surface area contributed by atoms with Gasteiger partial charge in [-0.3, -0.25) is 4.79 Å². The van der Waals surface area contributed by atoms with E-state index in [1.54, 1.807) is 12.1 Å². The summed E-state index contributed by atoms with van der Waals surface area (Å²) in [4.78, 5) is 24.9. The minimum Gasteiger partial charge on any atom is -0.743 e. The van der Waals surface area contributed by atoms with Gasteiger partial charge >= 0.3 is 17.2 Å². The highest BCUT2D eigenvalue weighted by Crippen LogP contribution is 2.51. The lowest BCUT2D eigenvalue weighted by atomic mass is 9.84. The zero-order chi connectivity index (χ0) is 24.3. The van der Waals surface area contributed by atoms with Crippen molar-refractivity contribution in [2.45, 2.75) is 48.7 Å². The van der Waals surface area contributed by atoms with Crippen LogP contribution in [0.1, 0.15) is 29.6 Å². The topological polar surface area (TPSA) is 128 Å². The molecule has 0 radical (unpaired) electrons. The van der Waals surface area contributed by atoms with E-state index in [0.717, 1.165) is 7.14 Å². The summed E-state index contributed by atoms with van der Waals surface area (Å²) in [6.07, 6.45) is -6.00. The second-order valence-electron chi connectivity index (χ2n) is 7.72. The number of rotatable bonds is 6. The van der Waals surface area contributed by atoms with Gasteiger partial charge in [-0.15, -0.1) is 0 Å². The molecule has 2 saturated heterocycles. The molecule has 15 heteroatoms. The molecule has 0 saturated carbocycles. The molecule has 182 valence electrons. The maximum Gasteiger partial charge on any atom is 0.364 e. The molecule has 3 heterocycles. The zero-order valence-corrected chi connectivity index (χ0v) is 21.4. The Bertz CT molecular complexity index is 1120. The van der Waals surface area contributed by atoms with Crippen LogP contribution in [0.4, 0.5) is 13.2 Å². The Morgan fingerprint density at radius 3 is 2.58 bits per heavy atom. The maximum atomic E-state index is 13.5. The first-order valence-electron chi connectivity index (χ1n) is 9.46. The minimum absolute atomic E-state index is 0.0173. The smallest absolute Gasteiger partial charge is 0.364 e. The number of ether oxygens (including phenoxy) is 4. The van der Waals surface area contributed by atoms with Gasteiger partial charge in [0.05, 0.1) is 25.0 Å². The predicted octanol–water partition coefficient (Wildman–Crippen LogP) is 2.73. The number of carbonyl (C=O) groups excluding carboxylic acids is 2. The van der Waals surface area contributed by atoms with Gasteiger partial charge in [-0.25, -0.2) is 17.6 Å². The molecule has 3 aliphatic rings. The predicted molar refractivity (Wildman–Crippen MR) is 117 cm³/mol. The summed E-state index contributed by atoms with van der Waals surface area (Å²) in [5, 5.41) is -5.13. The molecule has 1 aromatic rings. The Labute approximate surface area is 212 Å². The molecule has 5 atom stereocenters. The first-order valence-corrected chi connectivity index (χ1v) is 13.0. The summed E-state index contributed by atoms with van der Waals surface area (Å²) >= 11 is 4.17. The van der Waals surface area contributed by atoms with Crippen LogP contribution in [0.25, 0.3) is 0 Å². The molecule has 3 aliphatic heterocycles. The first kappa shape index (κ1) is 25.2. The maximum absolute atomic E-state index is 13.5. The number of carbonyl (C=O) groups is 2. The van der Waals surface area contributed by atoms with Crippen LogP contribution in [0, 0.1) is 13.1 Å². The molecule has 2 bridgehead atoms. The second kappa shape index (κ2) is 8.63. The number of fused-ring (bicyclic) bond motifs is 4. The summed E-state index contributed by atoms with van der Waals surface area (Å²) in [5.74, 6) is -3.40. The lowest BCUT2D eigenvalue weighted by Gasteiger charge is -2.39. The van der Waals surface area contributed by atoms with Crippen LogP contribution in [0.3, 0.4) is 0 Å². The van der Waals surface area contributed by atoms with Crippen LogP contribution in [0.15, 0.2) is 12.1 Å². The van der Waals surface area contributed by atoms with E-state index in [-0.39, 0.29) is 18.4 Å². The van der Waals surface area contributed by atoms with Crippen LogP contribution in [-0.4, -0.2) is 60.9 Å². The van der Waals surface area contributed by atoms with E-state index in [0.29, 0.717) is 5.75 Å². The SMILES string of the molecule is O=C1OC2(CC3OC2CC3C(=O)OCCC(F)C(F)(F)S(=O)(=O)[O-])Oc2cc(I)c(I)cc21. The van der Waals surface area contributed by atoms with Gasteiger partial charge in [-0.05, 0) is 63.7 Å². The Hall–Kier alpha value is -0.920. The number of benzene rings is 1. The highest BCUT2D eigenvalue weighted by Gasteiger charge is 2.64. The van der Waals surface area contributed by atoms with Gasteiger partial charge in [-0.1, -0.05) is 0 Å². The van der Waals surface area contributed by atoms with E-state index in [1.807, 2.05) is 0 Å². The Balaban J connectivity index is 1.36. The third kappa shape index (κ3) is 4.42. The first-order chi connectivity index (χ1) is 15.2. The molecule has 0 amide bonds. The molecule has 9 nitrogen and oxygen atoms in total. The van der Waals surface area contributed by atoms with E-state index in [1.165, 1.54) is 0 Å².